The molecule has 0 radical (unpaired) electrons. The maximum Gasteiger partial charge on any atom is 0.289 e. The van der Waals surface area contributed by atoms with Crippen LogP contribution in [0.15, 0.2) is 53.6 Å². The molecule has 10 nitrogen and oxygen atoms in total. The lowest BCUT2D eigenvalue weighted by Crippen LogP contribution is -2.33. The number of nitrogens with zero attached hydrogens (tertiary/aromatic N) is 5. The normalized spacial score (nSPS) is 11.8. The van der Waals surface area contributed by atoms with Gasteiger partial charge in [0.1, 0.15) is 11.1 Å². The van der Waals surface area contributed by atoms with Crippen LogP contribution in [0, 0.1) is 10.1 Å². The van der Waals surface area contributed by atoms with Crippen molar-refractivity contribution in [2.24, 2.45) is 0 Å². The third-order valence-electron chi connectivity index (χ3n) is 3.71. The van der Waals surface area contributed by atoms with E-state index in [0.29, 0.717) is 5.82 Å². The summed E-state index contributed by atoms with van der Waals surface area (Å²) in [5.74, 6) is -0.208. The zero-order valence-electron chi connectivity index (χ0n) is 13.9. The molecule has 1 N–H and O–H groups in total. The van der Waals surface area contributed by atoms with Crippen LogP contribution in [0.25, 0.3) is 5.82 Å². The fourth-order valence-electron chi connectivity index (χ4n) is 2.31. The number of nitro benzene ring substituents is 1. The summed E-state index contributed by atoms with van der Waals surface area (Å²) >= 11 is 5.76. The lowest BCUT2D eigenvalue weighted by molar-refractivity contribution is -0.384. The van der Waals surface area contributed by atoms with Gasteiger partial charge in [-0.1, -0.05) is 11.6 Å². The van der Waals surface area contributed by atoms with Gasteiger partial charge in [-0.2, -0.15) is 5.10 Å². The van der Waals surface area contributed by atoms with Gasteiger partial charge in [0.05, 0.1) is 4.92 Å². The number of hydrogen-bond donors (Lipinski definition) is 1. The molecule has 0 spiro atoms. The molecule has 1 amide bonds. The van der Waals surface area contributed by atoms with Crippen molar-refractivity contribution in [3.05, 3.63) is 74.3 Å². The van der Waals surface area contributed by atoms with E-state index in [2.05, 4.69) is 15.5 Å². The van der Waals surface area contributed by atoms with Crippen LogP contribution in [0.5, 0.6) is 0 Å². The molecule has 2 aromatic heterocycles. The fourth-order valence-corrected chi connectivity index (χ4v) is 2.49. The van der Waals surface area contributed by atoms with E-state index in [9.17, 15) is 19.7 Å². The van der Waals surface area contributed by atoms with Crippen molar-refractivity contribution in [1.82, 2.24) is 19.6 Å². The Balaban J connectivity index is 1.86. The van der Waals surface area contributed by atoms with E-state index in [4.69, 9.17) is 11.6 Å². The summed E-state index contributed by atoms with van der Waals surface area (Å²) in [5.41, 5.74) is -0.632. The number of anilines is 1. The number of nitro groups is 1. The van der Waals surface area contributed by atoms with Gasteiger partial charge in [0, 0.05) is 30.2 Å². The molecule has 0 fully saturated rings. The lowest BCUT2D eigenvalue weighted by atomic mass is 10.2. The van der Waals surface area contributed by atoms with Crippen molar-refractivity contribution < 1.29 is 9.72 Å². The zero-order valence-corrected chi connectivity index (χ0v) is 14.7. The fraction of sp³-hybridized carbons (Fsp3) is 0.125. The van der Waals surface area contributed by atoms with E-state index in [1.807, 2.05) is 0 Å². The summed E-state index contributed by atoms with van der Waals surface area (Å²) < 4.78 is 2.46. The van der Waals surface area contributed by atoms with Gasteiger partial charge >= 0.3 is 0 Å². The number of benzene rings is 1. The number of halogens is 1. The summed E-state index contributed by atoms with van der Waals surface area (Å²) in [4.78, 5) is 34.9. The molecule has 1 aromatic carbocycles. The summed E-state index contributed by atoms with van der Waals surface area (Å²) in [7, 11) is 0. The Bertz CT molecular complexity index is 1060. The molecule has 0 aliphatic heterocycles. The Morgan fingerprint density at radius 2 is 2.11 bits per heavy atom. The molecule has 138 valence electrons. The minimum atomic E-state index is -0.970. The van der Waals surface area contributed by atoms with E-state index in [1.165, 1.54) is 35.9 Å². The molecule has 1 unspecified atom stereocenters. The number of carbonyl (C=O) groups is 1. The van der Waals surface area contributed by atoms with Crippen LogP contribution in [0.1, 0.15) is 13.0 Å². The van der Waals surface area contributed by atoms with Gasteiger partial charge in [-0.15, -0.1) is 5.10 Å². The minimum absolute atomic E-state index is 0.0455. The molecule has 3 aromatic rings. The molecule has 0 saturated heterocycles. The summed E-state index contributed by atoms with van der Waals surface area (Å²) in [6.07, 6.45) is 3.20. The smallest absolute Gasteiger partial charge is 0.289 e. The number of nitrogens with one attached hydrogen (secondary N) is 1. The lowest BCUT2D eigenvalue weighted by Gasteiger charge is -2.15. The highest BCUT2D eigenvalue weighted by Gasteiger charge is 2.20. The average Bonchev–Trinajstić information content (AvgIpc) is 3.17. The molecule has 2 heterocycles. The van der Waals surface area contributed by atoms with Crippen LogP contribution in [0.2, 0.25) is 5.02 Å². The van der Waals surface area contributed by atoms with Crippen LogP contribution in [0.4, 0.5) is 11.4 Å². The van der Waals surface area contributed by atoms with Crippen molar-refractivity contribution in [1.29, 1.82) is 0 Å². The van der Waals surface area contributed by atoms with Gasteiger partial charge in [-0.25, -0.2) is 9.36 Å². The summed E-state index contributed by atoms with van der Waals surface area (Å²) in [5, 5.41) is 21.6. The van der Waals surface area contributed by atoms with Crippen LogP contribution in [-0.2, 0) is 4.79 Å². The van der Waals surface area contributed by atoms with E-state index < -0.39 is 22.4 Å². The molecule has 0 bridgehead atoms. The quantitative estimate of drug-likeness (QED) is 0.527. The number of rotatable bonds is 5. The molecule has 0 saturated carbocycles. The second kappa shape index (κ2) is 7.38. The Morgan fingerprint density at radius 1 is 1.33 bits per heavy atom. The largest absolute Gasteiger partial charge is 0.324 e. The molecule has 0 aliphatic carbocycles. The van der Waals surface area contributed by atoms with Gasteiger partial charge in [-0.05, 0) is 31.2 Å². The summed E-state index contributed by atoms with van der Waals surface area (Å²) in [6, 6.07) is 7.37. The Kier molecular flexibility index (Phi) is 4.99. The molecule has 11 heteroatoms. The number of aromatic nitrogens is 4. The number of hydrogen-bond acceptors (Lipinski definition) is 6. The van der Waals surface area contributed by atoms with E-state index in [0.717, 1.165) is 10.7 Å². The maximum absolute atomic E-state index is 12.5. The third-order valence-corrected chi connectivity index (χ3v) is 4.03. The molecule has 1 atom stereocenters. The standard InChI is InChI=1S/C16H13ClN6O4/c1-10(16(25)19-11-3-4-12(17)13(9-11)23(26)27)22-15(24)6-5-14(20-22)21-8-2-7-18-21/h2-10H,1H3,(H,19,25). The predicted octanol–water partition coefficient (Wildman–Crippen LogP) is 2.19. The number of carbonyl (C=O) groups excluding carboxylic acids is 1. The van der Waals surface area contributed by atoms with Crippen LogP contribution in [0.3, 0.4) is 0 Å². The Morgan fingerprint density at radius 3 is 2.78 bits per heavy atom. The monoisotopic (exact) mass is 388 g/mol. The molecule has 3 rings (SSSR count). The molecule has 27 heavy (non-hydrogen) atoms. The molecular formula is C16H13ClN6O4. The van der Waals surface area contributed by atoms with Crippen molar-refractivity contribution in [3.63, 3.8) is 0 Å². The number of amides is 1. The van der Waals surface area contributed by atoms with Crippen molar-refractivity contribution in [2.45, 2.75) is 13.0 Å². The summed E-state index contributed by atoms with van der Waals surface area (Å²) in [6.45, 7) is 1.49. The second-order valence-electron chi connectivity index (χ2n) is 5.51. The highest BCUT2D eigenvalue weighted by molar-refractivity contribution is 6.32. The van der Waals surface area contributed by atoms with Gasteiger partial charge in [-0.3, -0.25) is 19.7 Å². The van der Waals surface area contributed by atoms with Gasteiger partial charge < -0.3 is 5.32 Å². The van der Waals surface area contributed by atoms with E-state index in [1.54, 1.807) is 18.5 Å². The molecule has 0 aliphatic rings. The highest BCUT2D eigenvalue weighted by atomic mass is 35.5. The first-order chi connectivity index (χ1) is 12.9. The first kappa shape index (κ1) is 18.3. The van der Waals surface area contributed by atoms with Gasteiger partial charge in [0.2, 0.25) is 5.91 Å². The van der Waals surface area contributed by atoms with Crippen molar-refractivity contribution in [3.8, 4) is 5.82 Å². The van der Waals surface area contributed by atoms with Gasteiger partial charge in [0.25, 0.3) is 11.2 Å². The highest BCUT2D eigenvalue weighted by Crippen LogP contribution is 2.27. The zero-order chi connectivity index (χ0) is 19.6. The van der Waals surface area contributed by atoms with Crippen molar-refractivity contribution in [2.75, 3.05) is 5.32 Å². The second-order valence-corrected chi connectivity index (χ2v) is 5.92. The van der Waals surface area contributed by atoms with Crippen LogP contribution < -0.4 is 10.9 Å². The van der Waals surface area contributed by atoms with Gasteiger partial charge in [0.15, 0.2) is 5.82 Å². The SMILES string of the molecule is CC(C(=O)Nc1ccc(Cl)c([N+](=O)[O-])c1)n1nc(-n2cccn2)ccc1=O. The molecular weight excluding hydrogens is 376 g/mol. The van der Waals surface area contributed by atoms with Crippen molar-refractivity contribution >= 4 is 28.9 Å². The topological polar surface area (TPSA) is 125 Å². The first-order valence-electron chi connectivity index (χ1n) is 7.71. The third kappa shape index (κ3) is 3.85. The van der Waals surface area contributed by atoms with E-state index >= 15 is 0 Å². The predicted molar refractivity (Wildman–Crippen MR) is 97.1 cm³/mol. The van der Waals surface area contributed by atoms with E-state index in [-0.39, 0.29) is 16.4 Å². The minimum Gasteiger partial charge on any atom is -0.324 e. The van der Waals surface area contributed by atoms with Crippen LogP contribution >= 0.6 is 11.6 Å². The Labute approximate surface area is 157 Å². The van der Waals surface area contributed by atoms with Crippen LogP contribution in [-0.4, -0.2) is 30.4 Å². The first-order valence-corrected chi connectivity index (χ1v) is 8.09. The average molecular weight is 389 g/mol. The maximum atomic E-state index is 12.5. The Hall–Kier alpha value is -3.53.